The molecule has 1 atom stereocenters. The summed E-state index contributed by atoms with van der Waals surface area (Å²) in [4.78, 5) is 33.4. The van der Waals surface area contributed by atoms with Crippen LogP contribution in [0.5, 0.6) is 5.75 Å². The third kappa shape index (κ3) is 3.32. The third-order valence-electron chi connectivity index (χ3n) is 6.09. The molecule has 5 aromatic rings. The number of amides is 1. The van der Waals surface area contributed by atoms with E-state index in [4.69, 9.17) is 9.15 Å². The lowest BCUT2D eigenvalue weighted by Crippen LogP contribution is -2.30. The molecule has 0 saturated heterocycles. The Morgan fingerprint density at radius 3 is 2.74 bits per heavy atom. The second-order valence-corrected chi connectivity index (χ2v) is 9.34. The molecule has 0 saturated carbocycles. The smallest absolute Gasteiger partial charge is 0.297 e. The van der Waals surface area contributed by atoms with Gasteiger partial charge in [-0.15, -0.1) is 0 Å². The molecule has 6 rings (SSSR count). The first kappa shape index (κ1) is 21.5. The van der Waals surface area contributed by atoms with Gasteiger partial charge in [0.15, 0.2) is 10.6 Å². The van der Waals surface area contributed by atoms with Crippen molar-refractivity contribution in [2.75, 3.05) is 11.5 Å². The summed E-state index contributed by atoms with van der Waals surface area (Å²) >= 11 is 1.27. The molecule has 0 bridgehead atoms. The zero-order valence-electron chi connectivity index (χ0n) is 18.9. The van der Waals surface area contributed by atoms with Crippen molar-refractivity contribution >= 4 is 43.6 Å². The van der Waals surface area contributed by atoms with Gasteiger partial charge in [-0.3, -0.25) is 14.5 Å². The lowest BCUT2D eigenvalue weighted by molar-refractivity contribution is 0.0971. The van der Waals surface area contributed by atoms with Crippen molar-refractivity contribution in [3.8, 4) is 5.75 Å². The standard InChI is InChI=1S/C27H19FN2O4S/c1-3-33-15-9-10-19-21(13-15)35-27(29-19)30-23(16-6-4-5-7-18(16)28)22-24(31)17-12-14(2)8-11-20(17)34-25(22)26(30)32/h4-13,23H,3H2,1-2H3/t23-/m1/s1. The lowest BCUT2D eigenvalue weighted by atomic mass is 9.98. The van der Waals surface area contributed by atoms with E-state index in [1.807, 2.05) is 38.1 Å². The Labute approximate surface area is 203 Å². The Morgan fingerprint density at radius 2 is 1.94 bits per heavy atom. The molecule has 1 amide bonds. The van der Waals surface area contributed by atoms with Gasteiger partial charge in [0.1, 0.15) is 23.2 Å². The van der Waals surface area contributed by atoms with Crippen LogP contribution in [0.15, 0.2) is 69.9 Å². The molecule has 3 heterocycles. The van der Waals surface area contributed by atoms with E-state index >= 15 is 4.39 Å². The van der Waals surface area contributed by atoms with Crippen LogP contribution in [-0.2, 0) is 0 Å². The van der Waals surface area contributed by atoms with Crippen LogP contribution in [0, 0.1) is 12.7 Å². The second-order valence-electron chi connectivity index (χ2n) is 8.33. The molecular weight excluding hydrogens is 467 g/mol. The van der Waals surface area contributed by atoms with E-state index in [2.05, 4.69) is 4.98 Å². The molecule has 2 aromatic heterocycles. The second kappa shape index (κ2) is 8.02. The Morgan fingerprint density at radius 1 is 1.11 bits per heavy atom. The summed E-state index contributed by atoms with van der Waals surface area (Å²) in [5, 5.41) is 0.698. The van der Waals surface area contributed by atoms with Crippen LogP contribution in [0.3, 0.4) is 0 Å². The normalized spacial score (nSPS) is 15.2. The van der Waals surface area contributed by atoms with E-state index in [9.17, 15) is 9.59 Å². The van der Waals surface area contributed by atoms with Crippen LogP contribution in [0.2, 0.25) is 0 Å². The summed E-state index contributed by atoms with van der Waals surface area (Å²) < 4.78 is 27.5. The van der Waals surface area contributed by atoms with Gasteiger partial charge in [0.05, 0.1) is 27.8 Å². The number of ether oxygens (including phenoxy) is 1. The van der Waals surface area contributed by atoms with Crippen molar-refractivity contribution in [2.45, 2.75) is 19.9 Å². The van der Waals surface area contributed by atoms with Crippen molar-refractivity contribution in [2.24, 2.45) is 0 Å². The summed E-state index contributed by atoms with van der Waals surface area (Å²) in [5.41, 5.74) is 1.83. The first-order chi connectivity index (χ1) is 17.0. The number of hydrogen-bond donors (Lipinski definition) is 0. The highest BCUT2D eigenvalue weighted by atomic mass is 32.1. The van der Waals surface area contributed by atoms with E-state index in [0.29, 0.717) is 34.0 Å². The number of aryl methyl sites for hydroxylation is 1. The number of carbonyl (C=O) groups excluding carboxylic acids is 1. The average Bonchev–Trinajstić information content (AvgIpc) is 3.38. The van der Waals surface area contributed by atoms with Gasteiger partial charge in [-0.05, 0) is 50.2 Å². The van der Waals surface area contributed by atoms with Gasteiger partial charge < -0.3 is 9.15 Å². The summed E-state index contributed by atoms with van der Waals surface area (Å²) in [5.74, 6) is -0.451. The van der Waals surface area contributed by atoms with E-state index in [1.54, 1.807) is 30.3 Å². The Bertz CT molecular complexity index is 1710. The highest BCUT2D eigenvalue weighted by molar-refractivity contribution is 7.22. The molecule has 0 radical (unpaired) electrons. The lowest BCUT2D eigenvalue weighted by Gasteiger charge is -2.22. The van der Waals surface area contributed by atoms with Crippen LogP contribution in [0.25, 0.3) is 21.2 Å². The molecule has 8 heteroatoms. The molecule has 3 aromatic carbocycles. The first-order valence-corrected chi connectivity index (χ1v) is 12.0. The summed E-state index contributed by atoms with van der Waals surface area (Å²) in [7, 11) is 0. The van der Waals surface area contributed by atoms with Crippen molar-refractivity contribution in [3.63, 3.8) is 0 Å². The topological polar surface area (TPSA) is 72.6 Å². The number of nitrogens with zero attached hydrogens (tertiary/aromatic N) is 2. The predicted octanol–water partition coefficient (Wildman–Crippen LogP) is 6.00. The molecular formula is C27H19FN2O4S. The Kier molecular flexibility index (Phi) is 4.93. The summed E-state index contributed by atoms with van der Waals surface area (Å²) in [6.45, 7) is 4.29. The maximum atomic E-state index is 15.1. The summed E-state index contributed by atoms with van der Waals surface area (Å²) in [6.07, 6.45) is 0. The molecule has 0 aliphatic carbocycles. The highest BCUT2D eigenvalue weighted by Gasteiger charge is 2.45. The highest BCUT2D eigenvalue weighted by Crippen LogP contribution is 2.44. The average molecular weight is 487 g/mol. The Balaban J connectivity index is 1.61. The number of benzene rings is 3. The zero-order chi connectivity index (χ0) is 24.3. The van der Waals surface area contributed by atoms with Crippen LogP contribution >= 0.6 is 11.3 Å². The minimum atomic E-state index is -1.01. The zero-order valence-corrected chi connectivity index (χ0v) is 19.7. The molecule has 0 unspecified atom stereocenters. The number of aromatic nitrogens is 1. The van der Waals surface area contributed by atoms with Crippen LogP contribution in [0.1, 0.15) is 40.2 Å². The fourth-order valence-corrected chi connectivity index (χ4v) is 5.55. The molecule has 1 aliphatic heterocycles. The van der Waals surface area contributed by atoms with Gasteiger partial charge in [0.25, 0.3) is 5.91 Å². The number of halogens is 1. The molecule has 0 N–H and O–H groups in total. The number of anilines is 1. The number of hydrogen-bond acceptors (Lipinski definition) is 6. The fourth-order valence-electron chi connectivity index (χ4n) is 4.53. The predicted molar refractivity (Wildman–Crippen MR) is 133 cm³/mol. The van der Waals surface area contributed by atoms with Gasteiger partial charge in [0, 0.05) is 5.56 Å². The molecule has 0 spiro atoms. The third-order valence-corrected chi connectivity index (χ3v) is 7.11. The monoisotopic (exact) mass is 486 g/mol. The maximum absolute atomic E-state index is 15.1. The van der Waals surface area contributed by atoms with Crippen molar-refractivity contribution in [3.05, 3.63) is 99.2 Å². The van der Waals surface area contributed by atoms with Crippen molar-refractivity contribution in [1.82, 2.24) is 4.98 Å². The van der Waals surface area contributed by atoms with Crippen molar-refractivity contribution in [1.29, 1.82) is 0 Å². The van der Waals surface area contributed by atoms with Crippen molar-refractivity contribution < 1.29 is 18.3 Å². The number of rotatable bonds is 4. The largest absolute Gasteiger partial charge is 0.494 e. The molecule has 1 aliphatic rings. The van der Waals surface area contributed by atoms with Gasteiger partial charge in [-0.25, -0.2) is 9.37 Å². The number of fused-ring (bicyclic) bond motifs is 3. The van der Waals surface area contributed by atoms with Gasteiger partial charge in [-0.2, -0.15) is 0 Å². The fraction of sp³-hybridized carbons (Fsp3) is 0.148. The number of thiazole rings is 1. The minimum absolute atomic E-state index is 0.0890. The minimum Gasteiger partial charge on any atom is -0.494 e. The maximum Gasteiger partial charge on any atom is 0.297 e. The van der Waals surface area contributed by atoms with E-state index < -0.39 is 17.8 Å². The summed E-state index contributed by atoms with van der Waals surface area (Å²) in [6, 6.07) is 15.8. The van der Waals surface area contributed by atoms with E-state index in [1.165, 1.54) is 22.3 Å². The van der Waals surface area contributed by atoms with Gasteiger partial charge in [-0.1, -0.05) is 41.2 Å². The van der Waals surface area contributed by atoms with E-state index in [-0.39, 0.29) is 22.3 Å². The quantitative estimate of drug-likeness (QED) is 0.312. The molecule has 0 fully saturated rings. The van der Waals surface area contributed by atoms with Crippen LogP contribution in [0.4, 0.5) is 9.52 Å². The van der Waals surface area contributed by atoms with E-state index in [0.717, 1.165) is 10.3 Å². The SMILES string of the molecule is CCOc1ccc2nc(N3C(=O)c4oc5ccc(C)cc5c(=O)c4[C@H]3c3ccccc3F)sc2c1. The van der Waals surface area contributed by atoms with Gasteiger partial charge in [0.2, 0.25) is 5.76 Å². The van der Waals surface area contributed by atoms with Crippen LogP contribution < -0.4 is 15.1 Å². The molecule has 35 heavy (non-hydrogen) atoms. The molecule has 174 valence electrons. The molecule has 6 nitrogen and oxygen atoms in total. The van der Waals surface area contributed by atoms with Gasteiger partial charge >= 0.3 is 0 Å². The first-order valence-electron chi connectivity index (χ1n) is 11.1. The number of carbonyl (C=O) groups is 1. The Hall–Kier alpha value is -4.04. The van der Waals surface area contributed by atoms with Crippen LogP contribution in [-0.4, -0.2) is 17.5 Å².